The summed E-state index contributed by atoms with van der Waals surface area (Å²) >= 11 is 5.99. The van der Waals surface area contributed by atoms with Gasteiger partial charge in [-0.05, 0) is 36.8 Å². The van der Waals surface area contributed by atoms with E-state index < -0.39 is 6.04 Å². The van der Waals surface area contributed by atoms with E-state index in [2.05, 4.69) is 5.10 Å². The number of carbonyl (C=O) groups excluding carboxylic acids is 2. The fourth-order valence-electron chi connectivity index (χ4n) is 3.19. The molecule has 7 nitrogen and oxygen atoms in total. The molecule has 1 aromatic carbocycles. The summed E-state index contributed by atoms with van der Waals surface area (Å²) in [5.41, 5.74) is 1.71. The van der Waals surface area contributed by atoms with E-state index >= 15 is 0 Å². The highest BCUT2D eigenvalue weighted by Gasteiger charge is 2.39. The van der Waals surface area contributed by atoms with Gasteiger partial charge in [0.15, 0.2) is 12.6 Å². The van der Waals surface area contributed by atoms with E-state index in [1.54, 1.807) is 38.6 Å². The molecular formula is C21H26ClN4O3+. The maximum atomic E-state index is 13.3. The number of carbonyl (C=O) groups is 2. The summed E-state index contributed by atoms with van der Waals surface area (Å²) < 4.78 is 5.58. The van der Waals surface area contributed by atoms with Crippen molar-refractivity contribution in [1.29, 1.82) is 0 Å². The molecule has 8 heteroatoms. The van der Waals surface area contributed by atoms with Crippen LogP contribution in [0.15, 0.2) is 52.2 Å². The smallest absolute Gasteiger partial charge is 0.301 e. The van der Waals surface area contributed by atoms with Gasteiger partial charge in [-0.15, -0.1) is 0 Å². The van der Waals surface area contributed by atoms with Gasteiger partial charge < -0.3 is 14.2 Å². The third-order valence-corrected chi connectivity index (χ3v) is 5.48. The topological polar surface area (TPSA) is 70.6 Å². The molecule has 1 unspecified atom stereocenters. The first kappa shape index (κ1) is 21.1. The standard InChI is InChI=1S/C21H25ClN4O3/c1-14(25(4)13-20(27)24(2)3)21(28)26-18(19-6-5-11-29-19)12-17(23-26)15-7-9-16(22)10-8-15/h5-11,14,18H,12-13H2,1-4H3/p+1/t14-,18-/m1/s1. The van der Waals surface area contributed by atoms with Crippen molar-refractivity contribution in [2.45, 2.75) is 25.4 Å². The minimum absolute atomic E-state index is 0.0310. The molecule has 1 aromatic heterocycles. The van der Waals surface area contributed by atoms with Crippen LogP contribution in [0.3, 0.4) is 0 Å². The lowest BCUT2D eigenvalue weighted by molar-refractivity contribution is -0.886. The average molecular weight is 418 g/mol. The number of quaternary nitrogens is 1. The number of nitrogens with zero attached hydrogens (tertiary/aromatic N) is 3. The lowest BCUT2D eigenvalue weighted by Gasteiger charge is -2.26. The highest BCUT2D eigenvalue weighted by atomic mass is 35.5. The van der Waals surface area contributed by atoms with Gasteiger partial charge in [0.1, 0.15) is 11.8 Å². The van der Waals surface area contributed by atoms with Crippen molar-refractivity contribution in [2.24, 2.45) is 5.10 Å². The monoisotopic (exact) mass is 417 g/mol. The fourth-order valence-corrected chi connectivity index (χ4v) is 3.32. The zero-order valence-electron chi connectivity index (χ0n) is 17.1. The number of hydrazone groups is 1. The molecule has 1 aliphatic heterocycles. The van der Waals surface area contributed by atoms with E-state index in [9.17, 15) is 9.59 Å². The Balaban J connectivity index is 1.84. The molecule has 0 saturated heterocycles. The number of likely N-dealkylation sites (N-methyl/N-ethyl adjacent to an activating group) is 2. The van der Waals surface area contributed by atoms with Crippen LogP contribution in [0.5, 0.6) is 0 Å². The van der Waals surface area contributed by atoms with Crippen LogP contribution in [0.2, 0.25) is 5.02 Å². The summed E-state index contributed by atoms with van der Waals surface area (Å²) in [6.07, 6.45) is 2.14. The number of benzene rings is 1. The predicted molar refractivity (Wildman–Crippen MR) is 111 cm³/mol. The minimum atomic E-state index is -0.440. The van der Waals surface area contributed by atoms with E-state index in [0.29, 0.717) is 17.2 Å². The molecule has 0 saturated carbocycles. The molecule has 0 spiro atoms. The SMILES string of the molecule is C[C@H](C(=O)N1N=C(c2ccc(Cl)cc2)C[C@@H]1c1ccco1)[NH+](C)CC(=O)N(C)C. The third kappa shape index (κ3) is 4.68. The molecular weight excluding hydrogens is 392 g/mol. The van der Waals surface area contributed by atoms with E-state index in [1.807, 2.05) is 32.2 Å². The summed E-state index contributed by atoms with van der Waals surface area (Å²) in [6.45, 7) is 2.04. The van der Waals surface area contributed by atoms with Gasteiger partial charge in [-0.2, -0.15) is 5.10 Å². The van der Waals surface area contributed by atoms with Gasteiger partial charge >= 0.3 is 5.91 Å². The van der Waals surface area contributed by atoms with Crippen molar-refractivity contribution in [1.82, 2.24) is 9.91 Å². The van der Waals surface area contributed by atoms with Crippen molar-refractivity contribution in [3.05, 3.63) is 59.0 Å². The Labute approximate surface area is 175 Å². The number of hydrogen-bond acceptors (Lipinski definition) is 4. The predicted octanol–water partition coefficient (Wildman–Crippen LogP) is 1.60. The molecule has 2 amide bonds. The average Bonchev–Trinajstić information content (AvgIpc) is 3.36. The molecule has 3 rings (SSSR count). The van der Waals surface area contributed by atoms with Crippen LogP contribution in [0.25, 0.3) is 0 Å². The molecule has 154 valence electrons. The van der Waals surface area contributed by atoms with Gasteiger partial charge in [-0.25, -0.2) is 5.01 Å². The van der Waals surface area contributed by atoms with E-state index in [4.69, 9.17) is 16.0 Å². The number of amides is 2. The highest BCUT2D eigenvalue weighted by molar-refractivity contribution is 6.30. The first-order chi connectivity index (χ1) is 13.8. The summed E-state index contributed by atoms with van der Waals surface area (Å²) in [6, 6.07) is 10.3. The second kappa shape index (κ2) is 8.80. The van der Waals surface area contributed by atoms with E-state index in [1.165, 1.54) is 9.91 Å². The molecule has 0 aliphatic carbocycles. The van der Waals surface area contributed by atoms with Crippen LogP contribution in [0, 0.1) is 0 Å². The summed E-state index contributed by atoms with van der Waals surface area (Å²) in [4.78, 5) is 27.7. The lowest BCUT2D eigenvalue weighted by atomic mass is 10.0. The van der Waals surface area contributed by atoms with Gasteiger partial charge in [0.2, 0.25) is 0 Å². The first-order valence-corrected chi connectivity index (χ1v) is 9.88. The molecule has 2 aromatic rings. The first-order valence-electron chi connectivity index (χ1n) is 9.50. The maximum Gasteiger partial charge on any atom is 0.301 e. The van der Waals surface area contributed by atoms with Gasteiger partial charge in [-0.3, -0.25) is 9.59 Å². The number of rotatable bonds is 6. The number of hydrogen-bond donors (Lipinski definition) is 1. The number of halogens is 1. The molecule has 3 atom stereocenters. The van der Waals surface area contributed by atoms with E-state index in [-0.39, 0.29) is 24.4 Å². The maximum absolute atomic E-state index is 13.3. The molecule has 1 N–H and O–H groups in total. The zero-order valence-corrected chi connectivity index (χ0v) is 17.8. The van der Waals surface area contributed by atoms with Gasteiger partial charge in [0.05, 0.1) is 19.0 Å². The normalized spacial score (nSPS) is 18.3. The lowest BCUT2D eigenvalue weighted by Crippen LogP contribution is -3.15. The Morgan fingerprint density at radius 1 is 1.31 bits per heavy atom. The molecule has 29 heavy (non-hydrogen) atoms. The van der Waals surface area contributed by atoms with Crippen LogP contribution in [-0.2, 0) is 9.59 Å². The summed E-state index contributed by atoms with van der Waals surface area (Å²) in [5, 5.41) is 6.77. The van der Waals surface area contributed by atoms with Crippen LogP contribution in [0.1, 0.15) is 30.7 Å². The number of furan rings is 1. The number of nitrogens with one attached hydrogen (secondary N) is 1. The largest absolute Gasteiger partial charge is 0.467 e. The zero-order chi connectivity index (χ0) is 21.1. The van der Waals surface area contributed by atoms with Crippen molar-refractivity contribution in [3.63, 3.8) is 0 Å². The molecule has 0 fully saturated rings. The van der Waals surface area contributed by atoms with Gasteiger partial charge in [0.25, 0.3) is 5.91 Å². The molecule has 2 heterocycles. The van der Waals surface area contributed by atoms with Crippen molar-refractivity contribution < 1.29 is 18.9 Å². The van der Waals surface area contributed by atoms with Gasteiger partial charge in [-0.1, -0.05) is 23.7 Å². The van der Waals surface area contributed by atoms with Crippen LogP contribution < -0.4 is 4.90 Å². The van der Waals surface area contributed by atoms with E-state index in [0.717, 1.165) is 16.2 Å². The van der Waals surface area contributed by atoms with Crippen LogP contribution in [-0.4, -0.2) is 61.2 Å². The minimum Gasteiger partial charge on any atom is -0.467 e. The van der Waals surface area contributed by atoms with Crippen LogP contribution >= 0.6 is 11.6 Å². The Morgan fingerprint density at radius 3 is 2.59 bits per heavy atom. The van der Waals surface area contributed by atoms with Crippen LogP contribution in [0.4, 0.5) is 0 Å². The molecule has 1 aliphatic rings. The van der Waals surface area contributed by atoms with Crippen molar-refractivity contribution in [2.75, 3.05) is 27.7 Å². The Hall–Kier alpha value is -2.64. The third-order valence-electron chi connectivity index (χ3n) is 5.22. The second-order valence-electron chi connectivity index (χ2n) is 7.50. The summed E-state index contributed by atoms with van der Waals surface area (Å²) in [7, 11) is 5.25. The second-order valence-corrected chi connectivity index (χ2v) is 7.94. The molecule has 0 bridgehead atoms. The summed E-state index contributed by atoms with van der Waals surface area (Å²) in [5.74, 6) is 0.496. The van der Waals surface area contributed by atoms with Gasteiger partial charge in [0, 0.05) is 25.5 Å². The Kier molecular flexibility index (Phi) is 6.39. The Morgan fingerprint density at radius 2 is 2.00 bits per heavy atom. The Bertz CT molecular complexity index is 893. The molecule has 0 radical (unpaired) electrons. The van der Waals surface area contributed by atoms with Crippen molar-refractivity contribution >= 4 is 29.1 Å². The highest BCUT2D eigenvalue weighted by Crippen LogP contribution is 2.33. The van der Waals surface area contributed by atoms with Crippen molar-refractivity contribution in [3.8, 4) is 0 Å². The quantitative estimate of drug-likeness (QED) is 0.776. The fraction of sp³-hybridized carbons (Fsp3) is 0.381.